The minimum atomic E-state index is -4.55. The number of anilines is 1. The van der Waals surface area contributed by atoms with Crippen LogP contribution in [-0.2, 0) is 4.74 Å². The Labute approximate surface area is 133 Å². The number of thiazole rings is 1. The van der Waals surface area contributed by atoms with Gasteiger partial charge in [-0.1, -0.05) is 11.3 Å². The first kappa shape index (κ1) is 18.9. The standard InChI is InChI=1S/C12H14F3N3O4S/c1-4-22-9(20)7-8(6(2)19)23-10(16-7)17-11(21)18(3)5-12(13,14)15/h4-5H2,1-3H3,(H,16,17,21). The monoisotopic (exact) mass is 353 g/mol. The molecule has 2 amide bonds. The van der Waals surface area contributed by atoms with Gasteiger partial charge < -0.3 is 9.64 Å². The Balaban J connectivity index is 2.93. The zero-order chi connectivity index (χ0) is 17.8. The molecule has 1 aromatic heterocycles. The van der Waals surface area contributed by atoms with Crippen LogP contribution in [-0.4, -0.2) is 54.0 Å². The predicted octanol–water partition coefficient (Wildman–Crippen LogP) is 2.55. The van der Waals surface area contributed by atoms with Crippen LogP contribution in [0, 0.1) is 0 Å². The molecule has 1 N–H and O–H groups in total. The molecule has 1 rings (SSSR count). The number of amides is 2. The van der Waals surface area contributed by atoms with E-state index in [4.69, 9.17) is 4.74 Å². The van der Waals surface area contributed by atoms with E-state index in [1.807, 2.05) is 0 Å². The summed E-state index contributed by atoms with van der Waals surface area (Å²) < 4.78 is 41.4. The third-order valence-electron chi connectivity index (χ3n) is 2.39. The molecule has 0 saturated carbocycles. The van der Waals surface area contributed by atoms with Gasteiger partial charge in [0.05, 0.1) is 6.61 Å². The quantitative estimate of drug-likeness (QED) is 0.649. The average Bonchev–Trinajstić information content (AvgIpc) is 2.81. The molecule has 23 heavy (non-hydrogen) atoms. The number of carbonyl (C=O) groups excluding carboxylic acids is 3. The molecule has 0 bridgehead atoms. The number of ether oxygens (including phenoxy) is 1. The number of urea groups is 1. The van der Waals surface area contributed by atoms with Crippen molar-refractivity contribution in [2.45, 2.75) is 20.0 Å². The SMILES string of the molecule is CCOC(=O)c1nc(NC(=O)N(C)CC(F)(F)F)sc1C(C)=O. The van der Waals surface area contributed by atoms with Gasteiger partial charge in [-0.05, 0) is 6.92 Å². The van der Waals surface area contributed by atoms with Gasteiger partial charge >= 0.3 is 18.2 Å². The minimum Gasteiger partial charge on any atom is -0.461 e. The summed E-state index contributed by atoms with van der Waals surface area (Å²) in [6.07, 6.45) is -4.55. The lowest BCUT2D eigenvalue weighted by molar-refractivity contribution is -0.137. The Morgan fingerprint density at radius 1 is 1.35 bits per heavy atom. The summed E-state index contributed by atoms with van der Waals surface area (Å²) in [7, 11) is 0.953. The van der Waals surface area contributed by atoms with Gasteiger partial charge in [-0.2, -0.15) is 13.2 Å². The number of Topliss-reactive ketones (excluding diaryl/α,β-unsaturated/α-hetero) is 1. The van der Waals surface area contributed by atoms with Crippen LogP contribution in [0.15, 0.2) is 0 Å². The van der Waals surface area contributed by atoms with Gasteiger partial charge in [-0.15, -0.1) is 0 Å². The number of nitrogens with one attached hydrogen (secondary N) is 1. The van der Waals surface area contributed by atoms with Gasteiger partial charge in [0.15, 0.2) is 16.6 Å². The van der Waals surface area contributed by atoms with Crippen molar-refractivity contribution in [3.8, 4) is 0 Å². The fourth-order valence-electron chi connectivity index (χ4n) is 1.48. The molecule has 0 aliphatic rings. The summed E-state index contributed by atoms with van der Waals surface area (Å²) in [5, 5.41) is 1.94. The van der Waals surface area contributed by atoms with Gasteiger partial charge in [0.2, 0.25) is 0 Å². The number of halogens is 3. The predicted molar refractivity (Wildman–Crippen MR) is 75.8 cm³/mol. The zero-order valence-corrected chi connectivity index (χ0v) is 13.3. The lowest BCUT2D eigenvalue weighted by atomic mass is 10.3. The van der Waals surface area contributed by atoms with Crippen LogP contribution in [0.2, 0.25) is 0 Å². The first-order chi connectivity index (χ1) is 10.5. The van der Waals surface area contributed by atoms with Crippen LogP contribution in [0.25, 0.3) is 0 Å². The normalized spacial score (nSPS) is 11.0. The van der Waals surface area contributed by atoms with E-state index in [-0.39, 0.29) is 22.3 Å². The fraction of sp³-hybridized carbons (Fsp3) is 0.500. The summed E-state index contributed by atoms with van der Waals surface area (Å²) in [5.41, 5.74) is -0.280. The number of hydrogen-bond acceptors (Lipinski definition) is 6. The number of alkyl halides is 3. The van der Waals surface area contributed by atoms with Crippen molar-refractivity contribution in [2.75, 3.05) is 25.5 Å². The van der Waals surface area contributed by atoms with E-state index in [1.54, 1.807) is 6.92 Å². The van der Waals surface area contributed by atoms with Gasteiger partial charge in [-0.25, -0.2) is 14.6 Å². The molecule has 11 heteroatoms. The molecule has 0 spiro atoms. The zero-order valence-electron chi connectivity index (χ0n) is 12.5. The molecule has 1 heterocycles. The van der Waals surface area contributed by atoms with Gasteiger partial charge in [0.25, 0.3) is 0 Å². The lowest BCUT2D eigenvalue weighted by Crippen LogP contribution is -2.38. The highest BCUT2D eigenvalue weighted by Crippen LogP contribution is 2.25. The van der Waals surface area contributed by atoms with E-state index < -0.39 is 30.5 Å². The molecule has 128 valence electrons. The molecule has 0 saturated heterocycles. The molecule has 0 unspecified atom stereocenters. The summed E-state index contributed by atoms with van der Waals surface area (Å²) in [5.74, 6) is -1.33. The smallest absolute Gasteiger partial charge is 0.406 e. The van der Waals surface area contributed by atoms with E-state index in [2.05, 4.69) is 10.3 Å². The molecular formula is C12H14F3N3O4S. The first-order valence-electron chi connectivity index (χ1n) is 6.33. The third kappa shape index (κ3) is 5.51. The summed E-state index contributed by atoms with van der Waals surface area (Å²) in [6.45, 7) is 1.36. The molecule has 0 fully saturated rings. The maximum absolute atomic E-state index is 12.2. The summed E-state index contributed by atoms with van der Waals surface area (Å²) in [4.78, 5) is 38.9. The summed E-state index contributed by atoms with van der Waals surface area (Å²) >= 11 is 0.684. The third-order valence-corrected chi connectivity index (χ3v) is 3.46. The van der Waals surface area contributed by atoms with Crippen LogP contribution < -0.4 is 5.32 Å². The van der Waals surface area contributed by atoms with Crippen LogP contribution in [0.4, 0.5) is 23.1 Å². The largest absolute Gasteiger partial charge is 0.461 e. The van der Waals surface area contributed by atoms with Crippen molar-refractivity contribution in [1.82, 2.24) is 9.88 Å². The van der Waals surface area contributed by atoms with Crippen LogP contribution >= 0.6 is 11.3 Å². The Morgan fingerprint density at radius 2 is 1.96 bits per heavy atom. The number of ketones is 1. The highest BCUT2D eigenvalue weighted by atomic mass is 32.1. The molecule has 1 aromatic rings. The van der Waals surface area contributed by atoms with E-state index in [1.165, 1.54) is 6.92 Å². The first-order valence-corrected chi connectivity index (χ1v) is 7.14. The van der Waals surface area contributed by atoms with Crippen molar-refractivity contribution in [3.05, 3.63) is 10.6 Å². The lowest BCUT2D eigenvalue weighted by Gasteiger charge is -2.18. The van der Waals surface area contributed by atoms with Crippen molar-refractivity contribution in [3.63, 3.8) is 0 Å². The van der Waals surface area contributed by atoms with Crippen molar-refractivity contribution >= 4 is 34.3 Å². The number of rotatable bonds is 5. The Morgan fingerprint density at radius 3 is 2.43 bits per heavy atom. The van der Waals surface area contributed by atoms with Crippen LogP contribution in [0.1, 0.15) is 34.0 Å². The highest BCUT2D eigenvalue weighted by Gasteiger charge is 2.32. The maximum atomic E-state index is 12.2. The second-order valence-electron chi connectivity index (χ2n) is 4.37. The molecule has 0 atom stereocenters. The topological polar surface area (TPSA) is 88.6 Å². The number of carbonyl (C=O) groups is 3. The minimum absolute atomic E-state index is 0.0442. The molecule has 0 radical (unpaired) electrons. The van der Waals surface area contributed by atoms with E-state index in [0.29, 0.717) is 16.2 Å². The van der Waals surface area contributed by atoms with Crippen molar-refractivity contribution in [2.24, 2.45) is 0 Å². The summed E-state index contributed by atoms with van der Waals surface area (Å²) in [6, 6.07) is -1.07. The molecule has 7 nitrogen and oxygen atoms in total. The number of hydrogen-bond donors (Lipinski definition) is 1. The average molecular weight is 353 g/mol. The van der Waals surface area contributed by atoms with Crippen LogP contribution in [0.3, 0.4) is 0 Å². The molecular weight excluding hydrogens is 339 g/mol. The van der Waals surface area contributed by atoms with Crippen molar-refractivity contribution in [1.29, 1.82) is 0 Å². The molecule has 0 aromatic carbocycles. The van der Waals surface area contributed by atoms with Crippen molar-refractivity contribution < 1.29 is 32.3 Å². The number of esters is 1. The van der Waals surface area contributed by atoms with E-state index in [9.17, 15) is 27.6 Å². The second-order valence-corrected chi connectivity index (χ2v) is 5.37. The van der Waals surface area contributed by atoms with Crippen LogP contribution in [0.5, 0.6) is 0 Å². The van der Waals surface area contributed by atoms with Gasteiger partial charge in [-0.3, -0.25) is 10.1 Å². The number of nitrogens with zero attached hydrogens (tertiary/aromatic N) is 2. The van der Waals surface area contributed by atoms with Gasteiger partial charge in [0.1, 0.15) is 11.4 Å². The number of aromatic nitrogens is 1. The maximum Gasteiger partial charge on any atom is 0.406 e. The Kier molecular flexibility index (Phi) is 6.07. The van der Waals surface area contributed by atoms with Gasteiger partial charge in [0, 0.05) is 14.0 Å². The molecule has 0 aliphatic heterocycles. The van der Waals surface area contributed by atoms with E-state index >= 15 is 0 Å². The Bertz CT molecular complexity index is 615. The molecule has 0 aliphatic carbocycles. The Hall–Kier alpha value is -2.17. The fourth-order valence-corrected chi connectivity index (χ4v) is 2.32. The van der Waals surface area contributed by atoms with E-state index in [0.717, 1.165) is 7.05 Å². The highest BCUT2D eigenvalue weighted by molar-refractivity contribution is 7.18. The second kappa shape index (κ2) is 7.40.